The third-order valence-electron chi connectivity index (χ3n) is 4.95. The molecule has 2 aromatic carbocycles. The number of nitrogens with zero attached hydrogens (tertiary/aromatic N) is 5. The molecule has 8 nitrogen and oxygen atoms in total. The lowest BCUT2D eigenvalue weighted by molar-refractivity contribution is 0.0827. The SMILES string of the molecule is Cc1ncc(-c2ccc(C(=O)N(C)C)cc2)nc1-c1nnc(NCCc2ccccc2)o1.[HH]. The van der Waals surface area contributed by atoms with Crippen molar-refractivity contribution in [3.8, 4) is 22.8 Å². The number of carbonyl (C=O) groups excluding carboxylic acids is 1. The Kier molecular flexibility index (Phi) is 6.21. The Morgan fingerprint density at radius 2 is 1.81 bits per heavy atom. The first-order valence-corrected chi connectivity index (χ1v) is 10.3. The molecule has 0 aliphatic rings. The minimum atomic E-state index is -0.0506. The number of anilines is 1. The highest BCUT2D eigenvalue weighted by molar-refractivity contribution is 5.94. The molecule has 4 rings (SSSR count). The Morgan fingerprint density at radius 3 is 2.53 bits per heavy atom. The minimum absolute atomic E-state index is 0. The van der Waals surface area contributed by atoms with Gasteiger partial charge in [-0.1, -0.05) is 47.6 Å². The lowest BCUT2D eigenvalue weighted by atomic mass is 10.1. The lowest BCUT2D eigenvalue weighted by Gasteiger charge is -2.10. The van der Waals surface area contributed by atoms with Gasteiger partial charge in [0.15, 0.2) is 0 Å². The van der Waals surface area contributed by atoms with Gasteiger partial charge in [-0.3, -0.25) is 9.78 Å². The van der Waals surface area contributed by atoms with E-state index in [0.29, 0.717) is 41.1 Å². The highest BCUT2D eigenvalue weighted by atomic mass is 16.4. The van der Waals surface area contributed by atoms with Gasteiger partial charge in [0, 0.05) is 33.2 Å². The minimum Gasteiger partial charge on any atom is -0.402 e. The number of hydrogen-bond donors (Lipinski definition) is 1. The molecule has 0 atom stereocenters. The normalized spacial score (nSPS) is 10.7. The molecule has 1 amide bonds. The maximum atomic E-state index is 12.1. The second-order valence-corrected chi connectivity index (χ2v) is 7.54. The van der Waals surface area contributed by atoms with Gasteiger partial charge < -0.3 is 14.6 Å². The van der Waals surface area contributed by atoms with Crippen molar-refractivity contribution >= 4 is 11.9 Å². The molecule has 0 fully saturated rings. The third-order valence-corrected chi connectivity index (χ3v) is 4.95. The third kappa shape index (κ3) is 4.80. The molecule has 0 saturated heterocycles. The van der Waals surface area contributed by atoms with E-state index in [1.54, 1.807) is 37.3 Å². The van der Waals surface area contributed by atoms with Crippen LogP contribution in [0.4, 0.5) is 6.01 Å². The molecular weight excluding hydrogens is 404 g/mol. The summed E-state index contributed by atoms with van der Waals surface area (Å²) in [7, 11) is 3.45. The van der Waals surface area contributed by atoms with E-state index < -0.39 is 0 Å². The summed E-state index contributed by atoms with van der Waals surface area (Å²) in [6.45, 7) is 2.52. The first kappa shape index (κ1) is 21.2. The molecule has 2 heterocycles. The van der Waals surface area contributed by atoms with Crippen molar-refractivity contribution in [2.45, 2.75) is 13.3 Å². The van der Waals surface area contributed by atoms with Crippen LogP contribution in [0.25, 0.3) is 22.8 Å². The number of hydrogen-bond acceptors (Lipinski definition) is 7. The van der Waals surface area contributed by atoms with Gasteiger partial charge in [0.2, 0.25) is 0 Å². The Hall–Kier alpha value is -4.07. The Bertz CT molecular complexity index is 1210. The van der Waals surface area contributed by atoms with E-state index in [1.807, 2.05) is 37.3 Å². The predicted molar refractivity (Wildman–Crippen MR) is 124 cm³/mol. The van der Waals surface area contributed by atoms with Crippen LogP contribution in [-0.2, 0) is 6.42 Å². The fourth-order valence-electron chi connectivity index (χ4n) is 3.18. The standard InChI is InChI=1S/C24H24N6O2.H2/c1-16-21(22-28-29-24(32-22)25-14-13-17-7-5-4-6-8-17)27-20(15-26-16)18-9-11-19(12-10-18)23(31)30(2)3;/h4-12,15H,13-14H2,1-3H3,(H,25,29);1H. The van der Waals surface area contributed by atoms with Crippen LogP contribution >= 0.6 is 0 Å². The fraction of sp³-hybridized carbons (Fsp3) is 0.208. The maximum Gasteiger partial charge on any atom is 0.315 e. The van der Waals surface area contributed by atoms with Crippen molar-refractivity contribution in [3.63, 3.8) is 0 Å². The molecule has 0 unspecified atom stereocenters. The van der Waals surface area contributed by atoms with Crippen LogP contribution in [0.15, 0.2) is 65.2 Å². The predicted octanol–water partition coefficient (Wildman–Crippen LogP) is 4.10. The van der Waals surface area contributed by atoms with Gasteiger partial charge in [0.1, 0.15) is 5.69 Å². The van der Waals surface area contributed by atoms with E-state index in [4.69, 9.17) is 4.42 Å². The molecule has 0 bridgehead atoms. The zero-order chi connectivity index (χ0) is 22.5. The number of carbonyl (C=O) groups is 1. The fourth-order valence-corrected chi connectivity index (χ4v) is 3.18. The molecule has 0 radical (unpaired) electrons. The van der Waals surface area contributed by atoms with Crippen molar-refractivity contribution in [3.05, 3.63) is 77.6 Å². The highest BCUT2D eigenvalue weighted by Crippen LogP contribution is 2.25. The Morgan fingerprint density at radius 1 is 1.06 bits per heavy atom. The number of amides is 1. The van der Waals surface area contributed by atoms with Gasteiger partial charge in [-0.25, -0.2) is 4.98 Å². The van der Waals surface area contributed by atoms with Crippen molar-refractivity contribution in [1.29, 1.82) is 0 Å². The summed E-state index contributed by atoms with van der Waals surface area (Å²) in [6.07, 6.45) is 2.54. The number of aryl methyl sites for hydroxylation is 1. The molecule has 4 aromatic rings. The maximum absolute atomic E-state index is 12.1. The van der Waals surface area contributed by atoms with Crippen LogP contribution < -0.4 is 5.32 Å². The summed E-state index contributed by atoms with van der Waals surface area (Å²) >= 11 is 0. The van der Waals surface area contributed by atoms with E-state index >= 15 is 0 Å². The van der Waals surface area contributed by atoms with E-state index in [1.165, 1.54) is 5.56 Å². The summed E-state index contributed by atoms with van der Waals surface area (Å²) < 4.78 is 5.77. The van der Waals surface area contributed by atoms with Crippen LogP contribution in [-0.4, -0.2) is 51.6 Å². The molecular formula is C24H26N6O2. The molecule has 164 valence electrons. The van der Waals surface area contributed by atoms with Gasteiger partial charge in [-0.2, -0.15) is 0 Å². The van der Waals surface area contributed by atoms with Gasteiger partial charge in [-0.05, 0) is 31.0 Å². The second-order valence-electron chi connectivity index (χ2n) is 7.54. The zero-order valence-electron chi connectivity index (χ0n) is 18.2. The van der Waals surface area contributed by atoms with E-state index in [9.17, 15) is 4.79 Å². The number of nitrogens with one attached hydrogen (secondary N) is 1. The molecule has 1 N–H and O–H groups in total. The second kappa shape index (κ2) is 9.38. The van der Waals surface area contributed by atoms with Crippen molar-refractivity contribution in [2.75, 3.05) is 26.0 Å². The van der Waals surface area contributed by atoms with E-state index in [0.717, 1.165) is 12.0 Å². The molecule has 0 spiro atoms. The Balaban J connectivity index is 0.00000306. The summed E-state index contributed by atoms with van der Waals surface area (Å²) in [5.74, 6) is 0.254. The van der Waals surface area contributed by atoms with Crippen LogP contribution in [0.5, 0.6) is 0 Å². The van der Waals surface area contributed by atoms with Crippen LogP contribution in [0.1, 0.15) is 23.0 Å². The first-order valence-electron chi connectivity index (χ1n) is 10.3. The largest absolute Gasteiger partial charge is 0.402 e. The lowest BCUT2D eigenvalue weighted by Crippen LogP contribution is -2.21. The monoisotopic (exact) mass is 430 g/mol. The van der Waals surface area contributed by atoms with Gasteiger partial charge in [0.25, 0.3) is 11.8 Å². The molecule has 2 aromatic heterocycles. The van der Waals surface area contributed by atoms with Gasteiger partial charge in [0.05, 0.1) is 17.6 Å². The smallest absolute Gasteiger partial charge is 0.315 e. The molecule has 0 aliphatic heterocycles. The van der Waals surface area contributed by atoms with Crippen LogP contribution in [0, 0.1) is 6.92 Å². The van der Waals surface area contributed by atoms with Crippen molar-refractivity contribution < 1.29 is 10.6 Å². The Labute approximate surface area is 187 Å². The molecule has 0 saturated carbocycles. The molecule has 32 heavy (non-hydrogen) atoms. The van der Waals surface area contributed by atoms with Crippen molar-refractivity contribution in [1.82, 2.24) is 25.1 Å². The number of rotatable bonds is 7. The topological polar surface area (TPSA) is 97.0 Å². The first-order chi connectivity index (χ1) is 15.5. The summed E-state index contributed by atoms with van der Waals surface area (Å²) in [6, 6.07) is 17.8. The highest BCUT2D eigenvalue weighted by Gasteiger charge is 2.16. The quantitative estimate of drug-likeness (QED) is 0.471. The summed E-state index contributed by atoms with van der Waals surface area (Å²) in [5, 5.41) is 11.4. The van der Waals surface area contributed by atoms with Crippen molar-refractivity contribution in [2.24, 2.45) is 0 Å². The summed E-state index contributed by atoms with van der Waals surface area (Å²) in [4.78, 5) is 22.8. The average molecular weight is 431 g/mol. The summed E-state index contributed by atoms with van der Waals surface area (Å²) in [5.41, 5.74) is 4.56. The van der Waals surface area contributed by atoms with E-state index in [2.05, 4.69) is 37.6 Å². The van der Waals surface area contributed by atoms with E-state index in [-0.39, 0.29) is 7.33 Å². The number of aromatic nitrogens is 4. The van der Waals surface area contributed by atoms with Crippen LogP contribution in [0.3, 0.4) is 0 Å². The van der Waals surface area contributed by atoms with Crippen LogP contribution in [0.2, 0.25) is 0 Å². The number of benzene rings is 2. The van der Waals surface area contributed by atoms with Gasteiger partial charge in [-0.15, -0.1) is 5.10 Å². The van der Waals surface area contributed by atoms with Gasteiger partial charge >= 0.3 is 6.01 Å². The molecule has 8 heteroatoms. The zero-order valence-corrected chi connectivity index (χ0v) is 18.2. The molecule has 0 aliphatic carbocycles. The average Bonchev–Trinajstić information content (AvgIpc) is 3.28.